The summed E-state index contributed by atoms with van der Waals surface area (Å²) in [4.78, 5) is 16.7. The van der Waals surface area contributed by atoms with Gasteiger partial charge in [0, 0.05) is 22.3 Å². The second-order valence-corrected chi connectivity index (χ2v) is 4.68. The lowest BCUT2D eigenvalue weighted by atomic mass is 10.1. The summed E-state index contributed by atoms with van der Waals surface area (Å²) in [6, 6.07) is 9.63. The zero-order valence-electron chi connectivity index (χ0n) is 11.1. The molecule has 2 heterocycles. The summed E-state index contributed by atoms with van der Waals surface area (Å²) in [5.74, 6) is -0.634. The van der Waals surface area contributed by atoms with Crippen molar-refractivity contribution in [2.24, 2.45) is 0 Å². The van der Waals surface area contributed by atoms with Gasteiger partial charge in [-0.15, -0.1) is 0 Å². The van der Waals surface area contributed by atoms with Crippen molar-refractivity contribution >= 4 is 16.8 Å². The first-order valence-corrected chi connectivity index (χ1v) is 6.23. The lowest BCUT2D eigenvalue weighted by Gasteiger charge is -2.02. The average Bonchev–Trinajstić information content (AvgIpc) is 2.83. The molecule has 0 N–H and O–H groups in total. The van der Waals surface area contributed by atoms with Crippen molar-refractivity contribution in [1.82, 2.24) is 4.98 Å². The maximum absolute atomic E-state index is 13.6. The largest absolute Gasteiger partial charge is 0.449 e. The van der Waals surface area contributed by atoms with Crippen LogP contribution in [0.5, 0.6) is 0 Å². The Hall–Kier alpha value is -2.49. The third-order valence-corrected chi connectivity index (χ3v) is 3.19. The number of carbonyl (C=O) groups is 1. The minimum Gasteiger partial charge on any atom is -0.449 e. The third-order valence-electron chi connectivity index (χ3n) is 3.19. The van der Waals surface area contributed by atoms with E-state index in [4.69, 9.17) is 4.42 Å². The molecule has 0 bridgehead atoms. The van der Waals surface area contributed by atoms with E-state index < -0.39 is 5.82 Å². The summed E-state index contributed by atoms with van der Waals surface area (Å²) in [6.07, 6.45) is 0. The van der Waals surface area contributed by atoms with E-state index in [2.05, 4.69) is 4.98 Å². The first-order chi connectivity index (χ1) is 9.56. The van der Waals surface area contributed by atoms with Crippen LogP contribution in [0.2, 0.25) is 0 Å². The summed E-state index contributed by atoms with van der Waals surface area (Å²) in [7, 11) is 0. The number of carbonyl (C=O) groups excluding carboxylic acids is 1. The molecule has 0 unspecified atom stereocenters. The van der Waals surface area contributed by atoms with Crippen LogP contribution >= 0.6 is 0 Å². The lowest BCUT2D eigenvalue weighted by molar-refractivity contribution is 0.101. The number of aryl methyl sites for hydroxylation is 2. The molecule has 0 fully saturated rings. The van der Waals surface area contributed by atoms with Crippen LogP contribution in [-0.2, 0) is 0 Å². The Labute approximate surface area is 115 Å². The zero-order valence-corrected chi connectivity index (χ0v) is 11.1. The quantitative estimate of drug-likeness (QED) is 0.664. The molecule has 0 saturated carbocycles. The Kier molecular flexibility index (Phi) is 2.86. The van der Waals surface area contributed by atoms with Crippen molar-refractivity contribution < 1.29 is 13.6 Å². The molecule has 0 aliphatic heterocycles. The summed E-state index contributed by atoms with van der Waals surface area (Å²) in [5, 5.41) is 0.575. The molecule has 100 valence electrons. The molecule has 3 rings (SSSR count). The molecule has 20 heavy (non-hydrogen) atoms. The number of benzene rings is 1. The van der Waals surface area contributed by atoms with Crippen LogP contribution in [0.3, 0.4) is 0 Å². The predicted molar refractivity (Wildman–Crippen MR) is 73.3 cm³/mol. The zero-order chi connectivity index (χ0) is 14.3. The summed E-state index contributed by atoms with van der Waals surface area (Å²) in [5.41, 5.74) is 2.05. The fourth-order valence-corrected chi connectivity index (χ4v) is 2.20. The van der Waals surface area contributed by atoms with Gasteiger partial charge in [-0.3, -0.25) is 9.78 Å². The van der Waals surface area contributed by atoms with E-state index in [0.29, 0.717) is 16.6 Å². The first-order valence-electron chi connectivity index (χ1n) is 6.23. The molecule has 3 aromatic rings. The van der Waals surface area contributed by atoms with Crippen molar-refractivity contribution in [2.75, 3.05) is 0 Å². The standard InChI is InChI=1S/C16H12FNO2/c1-9-6-7-12(10(2)18-9)15(19)14-8-11-4-3-5-13(17)16(11)20-14/h3-8H,1-2H3. The van der Waals surface area contributed by atoms with E-state index in [0.717, 1.165) is 5.69 Å². The van der Waals surface area contributed by atoms with Gasteiger partial charge in [0.1, 0.15) is 0 Å². The van der Waals surface area contributed by atoms with Crippen molar-refractivity contribution in [3.63, 3.8) is 0 Å². The summed E-state index contributed by atoms with van der Waals surface area (Å²) in [6.45, 7) is 3.63. The monoisotopic (exact) mass is 269 g/mol. The van der Waals surface area contributed by atoms with Crippen LogP contribution in [0.15, 0.2) is 40.8 Å². The number of nitrogens with zero attached hydrogens (tertiary/aromatic N) is 1. The summed E-state index contributed by atoms with van der Waals surface area (Å²) >= 11 is 0. The van der Waals surface area contributed by atoms with Gasteiger partial charge >= 0.3 is 0 Å². The van der Waals surface area contributed by atoms with Crippen LogP contribution < -0.4 is 0 Å². The SMILES string of the molecule is Cc1ccc(C(=O)c2cc3cccc(F)c3o2)c(C)n1. The van der Waals surface area contributed by atoms with Gasteiger partial charge in [0.05, 0.1) is 0 Å². The second-order valence-electron chi connectivity index (χ2n) is 4.68. The number of ketones is 1. The molecule has 0 aliphatic rings. The van der Waals surface area contributed by atoms with Gasteiger partial charge in [-0.1, -0.05) is 12.1 Å². The smallest absolute Gasteiger partial charge is 0.230 e. The van der Waals surface area contributed by atoms with Crippen LogP contribution in [-0.4, -0.2) is 10.8 Å². The van der Waals surface area contributed by atoms with E-state index in [1.807, 2.05) is 6.92 Å². The van der Waals surface area contributed by atoms with Crippen molar-refractivity contribution in [3.8, 4) is 0 Å². The van der Waals surface area contributed by atoms with Crippen molar-refractivity contribution in [2.45, 2.75) is 13.8 Å². The first kappa shape index (κ1) is 12.5. The number of hydrogen-bond acceptors (Lipinski definition) is 3. The maximum atomic E-state index is 13.6. The Morgan fingerprint density at radius 2 is 2.00 bits per heavy atom. The third kappa shape index (κ3) is 1.99. The van der Waals surface area contributed by atoms with Gasteiger partial charge in [-0.2, -0.15) is 0 Å². The molecule has 3 nitrogen and oxygen atoms in total. The Morgan fingerprint density at radius 3 is 2.70 bits per heavy atom. The normalized spacial score (nSPS) is 10.9. The van der Waals surface area contributed by atoms with Crippen molar-refractivity contribution in [1.29, 1.82) is 0 Å². The van der Waals surface area contributed by atoms with Crippen LogP contribution in [0.25, 0.3) is 11.0 Å². The van der Waals surface area contributed by atoms with Gasteiger partial charge in [0.2, 0.25) is 5.78 Å². The van der Waals surface area contributed by atoms with Gasteiger partial charge in [-0.05, 0) is 38.1 Å². The summed E-state index contributed by atoms with van der Waals surface area (Å²) < 4.78 is 18.9. The number of para-hydroxylation sites is 1. The van der Waals surface area contributed by atoms with Crippen molar-refractivity contribution in [3.05, 3.63) is 64.9 Å². The molecule has 0 saturated heterocycles. The highest BCUT2D eigenvalue weighted by atomic mass is 19.1. The highest BCUT2D eigenvalue weighted by Gasteiger charge is 2.18. The van der Waals surface area contributed by atoms with E-state index >= 15 is 0 Å². The number of aromatic nitrogens is 1. The Balaban J connectivity index is 2.10. The molecule has 0 amide bonds. The molecule has 2 aromatic heterocycles. The topological polar surface area (TPSA) is 43.1 Å². The van der Waals surface area contributed by atoms with Gasteiger partial charge < -0.3 is 4.42 Å². The average molecular weight is 269 g/mol. The van der Waals surface area contributed by atoms with Gasteiger partial charge in [-0.25, -0.2) is 4.39 Å². The van der Waals surface area contributed by atoms with Crippen LogP contribution in [0, 0.1) is 19.7 Å². The Morgan fingerprint density at radius 1 is 1.20 bits per heavy atom. The minimum atomic E-state index is -0.472. The number of pyridine rings is 1. The van der Waals surface area contributed by atoms with E-state index in [-0.39, 0.29) is 17.1 Å². The van der Waals surface area contributed by atoms with E-state index in [9.17, 15) is 9.18 Å². The highest BCUT2D eigenvalue weighted by molar-refractivity contribution is 6.09. The molecule has 0 spiro atoms. The molecule has 0 radical (unpaired) electrons. The maximum Gasteiger partial charge on any atom is 0.230 e. The molecule has 0 atom stereocenters. The predicted octanol–water partition coefficient (Wildman–Crippen LogP) is 3.81. The number of hydrogen-bond donors (Lipinski definition) is 0. The van der Waals surface area contributed by atoms with Gasteiger partial charge in [0.25, 0.3) is 0 Å². The second kappa shape index (κ2) is 4.56. The van der Waals surface area contributed by atoms with Gasteiger partial charge in [0.15, 0.2) is 17.2 Å². The van der Waals surface area contributed by atoms with E-state index in [1.54, 1.807) is 37.3 Å². The fraction of sp³-hybridized carbons (Fsp3) is 0.125. The molecule has 0 aliphatic carbocycles. The number of furan rings is 1. The number of halogens is 1. The van der Waals surface area contributed by atoms with Crippen LogP contribution in [0.1, 0.15) is 27.5 Å². The number of fused-ring (bicyclic) bond motifs is 1. The molecule has 1 aromatic carbocycles. The fourth-order valence-electron chi connectivity index (χ4n) is 2.20. The lowest BCUT2D eigenvalue weighted by Crippen LogP contribution is -2.04. The van der Waals surface area contributed by atoms with Crippen LogP contribution in [0.4, 0.5) is 4.39 Å². The molecule has 4 heteroatoms. The number of rotatable bonds is 2. The Bertz CT molecular complexity index is 820. The molecular weight excluding hydrogens is 257 g/mol. The van der Waals surface area contributed by atoms with E-state index in [1.165, 1.54) is 6.07 Å². The minimum absolute atomic E-state index is 0.105. The highest BCUT2D eigenvalue weighted by Crippen LogP contribution is 2.24. The molecular formula is C16H12FNO2.